The highest BCUT2D eigenvalue weighted by Gasteiger charge is 2.23. The Kier molecular flexibility index (Phi) is 5.50. The fourth-order valence-corrected chi connectivity index (χ4v) is 2.81. The Hall–Kier alpha value is -3.87. The average molecular weight is 393 g/mol. The molecule has 0 heterocycles. The number of rotatable bonds is 5. The van der Waals surface area contributed by atoms with Gasteiger partial charge in [0.05, 0.1) is 0 Å². The Labute approximate surface area is 166 Å². The monoisotopic (exact) mass is 393 g/mol. The summed E-state index contributed by atoms with van der Waals surface area (Å²) in [6.45, 7) is 2.82. The number of phenolic OH excluding ortho intramolecular Hbond substituents is 2. The molecule has 3 aromatic carbocycles. The molecule has 0 spiro atoms. The van der Waals surface area contributed by atoms with E-state index in [4.69, 9.17) is 4.74 Å². The van der Waals surface area contributed by atoms with Crippen molar-refractivity contribution in [2.24, 2.45) is 0 Å². The molecule has 3 rings (SSSR count). The number of Topliss-reactive ketones (excluding diaryl/α,β-unsaturated/α-hetero) is 1. The van der Waals surface area contributed by atoms with E-state index in [1.165, 1.54) is 13.8 Å². The standard InChI is InChI=1S/C22H19NO6/c1-12(24)14-7-9-15(10-8-14)23-21(27)13(2)29-22(28)18-11-19(25)16-5-3-4-6-17(16)20(18)26/h3-11,13,25-26H,1-2H3,(H,23,27)/t13-/m0/s1. The molecule has 0 saturated heterocycles. The summed E-state index contributed by atoms with van der Waals surface area (Å²) in [6.07, 6.45) is -1.16. The third-order valence-corrected chi connectivity index (χ3v) is 4.43. The minimum Gasteiger partial charge on any atom is -0.507 e. The maximum Gasteiger partial charge on any atom is 0.342 e. The summed E-state index contributed by atoms with van der Waals surface area (Å²) in [5.74, 6) is -2.15. The molecule has 7 nitrogen and oxygen atoms in total. The smallest absolute Gasteiger partial charge is 0.342 e. The zero-order chi connectivity index (χ0) is 21.1. The number of ether oxygens (including phenoxy) is 1. The molecular formula is C22H19NO6. The number of carbonyl (C=O) groups excluding carboxylic acids is 3. The lowest BCUT2D eigenvalue weighted by atomic mass is 10.0. The van der Waals surface area contributed by atoms with Crippen molar-refractivity contribution in [3.8, 4) is 11.5 Å². The normalized spacial score (nSPS) is 11.7. The second kappa shape index (κ2) is 8.02. The van der Waals surface area contributed by atoms with Crippen LogP contribution in [0, 0.1) is 0 Å². The van der Waals surface area contributed by atoms with Crippen LogP contribution in [0.4, 0.5) is 5.69 Å². The Morgan fingerprint density at radius 1 is 0.966 bits per heavy atom. The first-order valence-electron chi connectivity index (χ1n) is 8.84. The van der Waals surface area contributed by atoms with Gasteiger partial charge in [0.1, 0.15) is 17.1 Å². The third kappa shape index (κ3) is 4.19. The molecular weight excluding hydrogens is 374 g/mol. The lowest BCUT2D eigenvalue weighted by molar-refractivity contribution is -0.123. The maximum absolute atomic E-state index is 12.4. The van der Waals surface area contributed by atoms with Crippen LogP contribution < -0.4 is 5.32 Å². The van der Waals surface area contributed by atoms with Gasteiger partial charge in [-0.05, 0) is 44.2 Å². The van der Waals surface area contributed by atoms with Crippen LogP contribution in [0.25, 0.3) is 10.8 Å². The highest BCUT2D eigenvalue weighted by Crippen LogP contribution is 2.35. The van der Waals surface area contributed by atoms with Crippen LogP contribution in [-0.2, 0) is 9.53 Å². The van der Waals surface area contributed by atoms with Gasteiger partial charge >= 0.3 is 5.97 Å². The number of benzene rings is 3. The van der Waals surface area contributed by atoms with Crippen molar-refractivity contribution in [1.29, 1.82) is 0 Å². The molecule has 1 amide bonds. The number of hydrogen-bond donors (Lipinski definition) is 3. The second-order valence-electron chi connectivity index (χ2n) is 6.51. The maximum atomic E-state index is 12.4. The Balaban J connectivity index is 1.73. The average Bonchev–Trinajstić information content (AvgIpc) is 2.71. The van der Waals surface area contributed by atoms with Crippen LogP contribution in [0.2, 0.25) is 0 Å². The van der Waals surface area contributed by atoms with Crippen molar-refractivity contribution in [2.75, 3.05) is 5.32 Å². The third-order valence-electron chi connectivity index (χ3n) is 4.43. The van der Waals surface area contributed by atoms with Crippen molar-refractivity contribution in [2.45, 2.75) is 20.0 Å². The quantitative estimate of drug-likeness (QED) is 0.347. The van der Waals surface area contributed by atoms with E-state index >= 15 is 0 Å². The minimum absolute atomic E-state index is 0.0939. The van der Waals surface area contributed by atoms with Gasteiger partial charge in [-0.15, -0.1) is 0 Å². The van der Waals surface area contributed by atoms with E-state index < -0.39 is 18.0 Å². The van der Waals surface area contributed by atoms with Gasteiger partial charge < -0.3 is 20.3 Å². The van der Waals surface area contributed by atoms with Crippen molar-refractivity contribution >= 4 is 34.1 Å². The molecule has 0 aromatic heterocycles. The topological polar surface area (TPSA) is 113 Å². The summed E-state index contributed by atoms with van der Waals surface area (Å²) in [5.41, 5.74) is 0.704. The summed E-state index contributed by atoms with van der Waals surface area (Å²) in [7, 11) is 0. The predicted octanol–water partition coefficient (Wildman–Crippen LogP) is 3.64. The number of anilines is 1. The van der Waals surface area contributed by atoms with Crippen LogP contribution in [0.5, 0.6) is 11.5 Å². The van der Waals surface area contributed by atoms with Crippen molar-refractivity contribution < 1.29 is 29.3 Å². The van der Waals surface area contributed by atoms with E-state index in [0.717, 1.165) is 6.07 Å². The first-order valence-corrected chi connectivity index (χ1v) is 8.84. The Morgan fingerprint density at radius 3 is 2.21 bits per heavy atom. The van der Waals surface area contributed by atoms with Crippen molar-refractivity contribution in [1.82, 2.24) is 0 Å². The van der Waals surface area contributed by atoms with Crippen LogP contribution in [0.3, 0.4) is 0 Å². The van der Waals surface area contributed by atoms with E-state index in [9.17, 15) is 24.6 Å². The van der Waals surface area contributed by atoms with E-state index in [1.54, 1.807) is 48.5 Å². The SMILES string of the molecule is CC(=O)c1ccc(NC(=O)[C@H](C)OC(=O)c2cc(O)c3ccccc3c2O)cc1. The molecule has 0 aliphatic rings. The Bertz CT molecular complexity index is 1100. The molecule has 0 aliphatic carbocycles. The zero-order valence-corrected chi connectivity index (χ0v) is 15.8. The summed E-state index contributed by atoms with van der Waals surface area (Å²) in [4.78, 5) is 36.0. The van der Waals surface area contributed by atoms with Gasteiger partial charge in [0.15, 0.2) is 11.9 Å². The molecule has 0 bridgehead atoms. The Morgan fingerprint density at radius 2 is 1.59 bits per heavy atom. The van der Waals surface area contributed by atoms with Gasteiger partial charge in [0, 0.05) is 22.0 Å². The highest BCUT2D eigenvalue weighted by atomic mass is 16.5. The first-order chi connectivity index (χ1) is 13.8. The lowest BCUT2D eigenvalue weighted by Crippen LogP contribution is -2.30. The molecule has 29 heavy (non-hydrogen) atoms. The highest BCUT2D eigenvalue weighted by molar-refractivity contribution is 6.05. The molecule has 0 fully saturated rings. The number of fused-ring (bicyclic) bond motifs is 1. The molecule has 7 heteroatoms. The number of esters is 1. The van der Waals surface area contributed by atoms with E-state index in [1.807, 2.05) is 0 Å². The predicted molar refractivity (Wildman–Crippen MR) is 107 cm³/mol. The molecule has 1 atom stereocenters. The molecule has 0 saturated carbocycles. The van der Waals surface area contributed by atoms with E-state index in [-0.39, 0.29) is 22.8 Å². The summed E-state index contributed by atoms with van der Waals surface area (Å²) in [5, 5.41) is 23.7. The van der Waals surface area contributed by atoms with Gasteiger partial charge in [0.25, 0.3) is 5.91 Å². The van der Waals surface area contributed by atoms with Crippen molar-refractivity contribution in [3.63, 3.8) is 0 Å². The summed E-state index contributed by atoms with van der Waals surface area (Å²) < 4.78 is 5.14. The van der Waals surface area contributed by atoms with Gasteiger partial charge in [-0.3, -0.25) is 9.59 Å². The fourth-order valence-electron chi connectivity index (χ4n) is 2.81. The minimum atomic E-state index is -1.16. The number of carbonyl (C=O) groups is 3. The number of nitrogens with one attached hydrogen (secondary N) is 1. The summed E-state index contributed by atoms with van der Waals surface area (Å²) in [6, 6.07) is 13.9. The summed E-state index contributed by atoms with van der Waals surface area (Å²) >= 11 is 0. The van der Waals surface area contributed by atoms with Crippen molar-refractivity contribution in [3.05, 3.63) is 65.7 Å². The zero-order valence-electron chi connectivity index (χ0n) is 15.8. The van der Waals surface area contributed by atoms with Gasteiger partial charge in [0.2, 0.25) is 0 Å². The second-order valence-corrected chi connectivity index (χ2v) is 6.51. The fraction of sp³-hybridized carbons (Fsp3) is 0.136. The molecule has 0 unspecified atom stereocenters. The molecule has 3 aromatic rings. The van der Waals surface area contributed by atoms with Crippen LogP contribution in [0.15, 0.2) is 54.6 Å². The molecule has 0 radical (unpaired) electrons. The molecule has 3 N–H and O–H groups in total. The van der Waals surface area contributed by atoms with Gasteiger partial charge in [-0.25, -0.2) is 4.79 Å². The van der Waals surface area contributed by atoms with E-state index in [2.05, 4.69) is 5.32 Å². The van der Waals surface area contributed by atoms with E-state index in [0.29, 0.717) is 22.0 Å². The molecule has 148 valence electrons. The first kappa shape index (κ1) is 19.9. The number of ketones is 1. The van der Waals surface area contributed by atoms with Crippen LogP contribution in [0.1, 0.15) is 34.6 Å². The lowest BCUT2D eigenvalue weighted by Gasteiger charge is -2.15. The molecule has 0 aliphatic heterocycles. The van der Waals surface area contributed by atoms with Gasteiger partial charge in [-0.2, -0.15) is 0 Å². The number of aromatic hydroxyl groups is 2. The van der Waals surface area contributed by atoms with Gasteiger partial charge in [-0.1, -0.05) is 24.3 Å². The number of phenols is 2. The largest absolute Gasteiger partial charge is 0.507 e. The number of hydrogen-bond acceptors (Lipinski definition) is 6. The van der Waals surface area contributed by atoms with Crippen LogP contribution >= 0.6 is 0 Å². The number of amides is 1. The van der Waals surface area contributed by atoms with Crippen LogP contribution in [-0.4, -0.2) is 34.0 Å².